The van der Waals surface area contributed by atoms with Gasteiger partial charge in [-0.3, -0.25) is 0 Å². The average Bonchev–Trinajstić information content (AvgIpc) is 3.39. The first-order valence-corrected chi connectivity index (χ1v) is 9.43. The molecule has 28 heavy (non-hydrogen) atoms. The van der Waals surface area contributed by atoms with Crippen molar-refractivity contribution in [1.29, 1.82) is 0 Å². The highest BCUT2D eigenvalue weighted by atomic mass is 32.1. The Bertz CT molecular complexity index is 1090. The van der Waals surface area contributed by atoms with Crippen LogP contribution in [0.1, 0.15) is 18.5 Å². The minimum Gasteiger partial charge on any atom is -0.409 e. The first-order chi connectivity index (χ1) is 13.6. The topological polar surface area (TPSA) is 66.1 Å². The lowest BCUT2D eigenvalue weighted by Gasteiger charge is -2.21. The van der Waals surface area contributed by atoms with Gasteiger partial charge < -0.3 is 9.32 Å². The highest BCUT2D eigenvalue weighted by molar-refractivity contribution is 7.71. The lowest BCUT2D eigenvalue weighted by molar-refractivity contribution is -0.933. The second kappa shape index (κ2) is 7.87. The predicted molar refractivity (Wildman–Crippen MR) is 107 cm³/mol. The average molecular weight is 393 g/mol. The van der Waals surface area contributed by atoms with Crippen LogP contribution in [0, 0.1) is 4.84 Å². The molecule has 0 spiro atoms. The van der Waals surface area contributed by atoms with E-state index in [4.69, 9.17) is 16.6 Å². The van der Waals surface area contributed by atoms with E-state index in [1.54, 1.807) is 15.7 Å². The molecule has 0 radical (unpaired) electrons. The smallest absolute Gasteiger partial charge is 0.292 e. The highest BCUT2D eigenvalue weighted by Crippen LogP contribution is 2.17. The van der Waals surface area contributed by atoms with Gasteiger partial charge in [0, 0.05) is 11.1 Å². The summed E-state index contributed by atoms with van der Waals surface area (Å²) in [6.07, 6.45) is 3.21. The summed E-state index contributed by atoms with van der Waals surface area (Å²) >= 11 is 5.36. The van der Waals surface area contributed by atoms with Gasteiger partial charge in [-0.2, -0.15) is 9.78 Å². The van der Waals surface area contributed by atoms with Crippen LogP contribution in [0.25, 0.3) is 17.1 Å². The Labute approximate surface area is 167 Å². The van der Waals surface area contributed by atoms with Gasteiger partial charge >= 0.3 is 0 Å². The summed E-state index contributed by atoms with van der Waals surface area (Å²) in [6.45, 7) is 2.79. The fourth-order valence-corrected chi connectivity index (χ4v) is 3.20. The van der Waals surface area contributed by atoms with Gasteiger partial charge in [-0.15, -0.1) is 5.10 Å². The second-order valence-electron chi connectivity index (χ2n) is 6.70. The molecule has 0 fully saturated rings. The Morgan fingerprint density at radius 2 is 1.86 bits per heavy atom. The van der Waals surface area contributed by atoms with Crippen LogP contribution in [0.3, 0.4) is 0 Å². The first-order valence-electron chi connectivity index (χ1n) is 9.02. The van der Waals surface area contributed by atoms with Crippen molar-refractivity contribution in [2.75, 3.05) is 7.05 Å². The maximum absolute atomic E-state index is 5.68. The van der Waals surface area contributed by atoms with E-state index in [1.165, 1.54) is 16.8 Å². The summed E-state index contributed by atoms with van der Waals surface area (Å²) in [7, 11) is 2.12. The molecule has 0 aliphatic heterocycles. The summed E-state index contributed by atoms with van der Waals surface area (Å²) in [4.78, 5) is 5.61. The van der Waals surface area contributed by atoms with Gasteiger partial charge in [0.05, 0.1) is 12.7 Å². The Morgan fingerprint density at radius 1 is 1.11 bits per heavy atom. The number of nitrogens with one attached hydrogen (secondary N) is 1. The van der Waals surface area contributed by atoms with Crippen molar-refractivity contribution in [3.63, 3.8) is 0 Å². The van der Waals surface area contributed by atoms with E-state index in [1.807, 2.05) is 42.5 Å². The Hall–Kier alpha value is -3.10. The molecule has 0 bridgehead atoms. The Kier molecular flexibility index (Phi) is 5.14. The number of hydrogen-bond acceptors (Lipinski definition) is 5. The predicted octanol–water partition coefficient (Wildman–Crippen LogP) is 2.69. The van der Waals surface area contributed by atoms with Gasteiger partial charge in [0.25, 0.3) is 4.84 Å². The summed E-state index contributed by atoms with van der Waals surface area (Å²) in [5.41, 5.74) is 3.12. The largest absolute Gasteiger partial charge is 0.409 e. The van der Waals surface area contributed by atoms with Crippen molar-refractivity contribution < 1.29 is 9.32 Å². The number of nitrogens with zero attached hydrogens (tertiary/aromatic N) is 5. The lowest BCUT2D eigenvalue weighted by atomic mass is 10.1. The van der Waals surface area contributed by atoms with Gasteiger partial charge in [0.2, 0.25) is 5.89 Å². The summed E-state index contributed by atoms with van der Waals surface area (Å²) in [5.74, 6) is 0.545. The third-order valence-corrected chi connectivity index (χ3v) is 5.14. The molecule has 4 rings (SSSR count). The van der Waals surface area contributed by atoms with E-state index in [0.717, 1.165) is 11.3 Å². The van der Waals surface area contributed by atoms with Crippen LogP contribution in [-0.4, -0.2) is 31.6 Å². The molecule has 2 aromatic heterocycles. The molecule has 1 N–H and O–H groups in total. The lowest BCUT2D eigenvalue weighted by Crippen LogP contribution is -3.08. The van der Waals surface area contributed by atoms with E-state index < -0.39 is 0 Å². The highest BCUT2D eigenvalue weighted by Gasteiger charge is 2.18. The van der Waals surface area contributed by atoms with E-state index in [0.29, 0.717) is 17.4 Å². The van der Waals surface area contributed by atoms with Crippen LogP contribution in [0.15, 0.2) is 71.7 Å². The normalized spacial score (nSPS) is 13.4. The summed E-state index contributed by atoms with van der Waals surface area (Å²) in [6, 6.07) is 18.4. The number of benzene rings is 2. The number of quaternary nitrogens is 1. The van der Waals surface area contributed by atoms with Crippen molar-refractivity contribution >= 4 is 12.2 Å². The SMILES string of the molecule is C[C@H](c1ccc(-n2cncn2)cc1)[NH+](C)Cn1nc(-c2ccccc2)oc1=S. The zero-order chi connectivity index (χ0) is 19.5. The summed E-state index contributed by atoms with van der Waals surface area (Å²) < 4.78 is 9.17. The zero-order valence-corrected chi connectivity index (χ0v) is 16.5. The van der Waals surface area contributed by atoms with E-state index in [-0.39, 0.29) is 6.04 Å². The summed E-state index contributed by atoms with van der Waals surface area (Å²) in [5, 5.41) is 8.71. The molecule has 2 heterocycles. The van der Waals surface area contributed by atoms with Crippen molar-refractivity contribution in [2.45, 2.75) is 19.6 Å². The van der Waals surface area contributed by atoms with Crippen LogP contribution >= 0.6 is 12.2 Å². The molecule has 0 aliphatic carbocycles. The molecular weight excluding hydrogens is 372 g/mol. The van der Waals surface area contributed by atoms with Crippen LogP contribution in [-0.2, 0) is 6.67 Å². The van der Waals surface area contributed by atoms with Gasteiger partial charge in [0.1, 0.15) is 18.7 Å². The van der Waals surface area contributed by atoms with Crippen LogP contribution < -0.4 is 4.90 Å². The molecule has 4 aromatic rings. The van der Waals surface area contributed by atoms with Crippen molar-refractivity contribution in [1.82, 2.24) is 24.5 Å². The second-order valence-corrected chi connectivity index (χ2v) is 7.05. The maximum atomic E-state index is 5.68. The molecule has 8 heteroatoms. The standard InChI is InChI=1S/C20H20N6OS/c1-15(16-8-10-18(11-9-16)25-13-21-12-22-25)24(2)14-26-20(28)27-19(23-26)17-6-4-3-5-7-17/h3-13,15H,14H2,1-2H3/p+1/t15-/m1/s1. The minimum atomic E-state index is 0.253. The maximum Gasteiger partial charge on any atom is 0.292 e. The van der Waals surface area contributed by atoms with Gasteiger partial charge in [0.15, 0.2) is 6.67 Å². The molecular formula is C20H21N6OS+. The van der Waals surface area contributed by atoms with E-state index in [2.05, 4.69) is 41.3 Å². The molecule has 0 saturated carbocycles. The van der Waals surface area contributed by atoms with E-state index >= 15 is 0 Å². The van der Waals surface area contributed by atoms with Crippen LogP contribution in [0.5, 0.6) is 0 Å². The van der Waals surface area contributed by atoms with Crippen LogP contribution in [0.4, 0.5) is 0 Å². The van der Waals surface area contributed by atoms with Crippen LogP contribution in [0.2, 0.25) is 0 Å². The third kappa shape index (κ3) is 3.78. The fraction of sp³-hybridized carbons (Fsp3) is 0.200. The molecule has 2 aromatic carbocycles. The molecule has 7 nitrogen and oxygen atoms in total. The number of rotatable bonds is 6. The van der Waals surface area contributed by atoms with Crippen molar-refractivity contribution in [2.24, 2.45) is 0 Å². The van der Waals surface area contributed by atoms with E-state index in [9.17, 15) is 0 Å². The zero-order valence-electron chi connectivity index (χ0n) is 15.7. The molecule has 142 valence electrons. The third-order valence-electron chi connectivity index (χ3n) is 4.84. The first kappa shape index (κ1) is 18.3. The molecule has 0 amide bonds. The van der Waals surface area contributed by atoms with Gasteiger partial charge in [-0.1, -0.05) is 30.3 Å². The minimum absolute atomic E-state index is 0.253. The van der Waals surface area contributed by atoms with Gasteiger partial charge in [-0.25, -0.2) is 9.67 Å². The Morgan fingerprint density at radius 3 is 2.54 bits per heavy atom. The Balaban J connectivity index is 1.48. The number of hydrogen-bond donors (Lipinski definition) is 1. The number of aromatic nitrogens is 5. The quantitative estimate of drug-likeness (QED) is 0.510. The fourth-order valence-electron chi connectivity index (χ4n) is 3.02. The molecule has 0 saturated heterocycles. The monoisotopic (exact) mass is 393 g/mol. The van der Waals surface area contributed by atoms with Crippen molar-refractivity contribution in [3.05, 3.63) is 77.7 Å². The molecule has 2 atom stereocenters. The molecule has 0 aliphatic rings. The van der Waals surface area contributed by atoms with Crippen molar-refractivity contribution in [3.8, 4) is 17.1 Å². The molecule has 1 unspecified atom stereocenters. The van der Waals surface area contributed by atoms with Gasteiger partial charge in [-0.05, 0) is 43.4 Å².